The van der Waals surface area contributed by atoms with E-state index in [0.29, 0.717) is 0 Å². The van der Waals surface area contributed by atoms with E-state index in [4.69, 9.17) is 4.74 Å². The molecule has 1 heterocycles. The first-order valence-electron chi connectivity index (χ1n) is 5.80. The number of piperidine rings is 1. The predicted octanol–water partition coefficient (Wildman–Crippen LogP) is 2.32. The summed E-state index contributed by atoms with van der Waals surface area (Å²) in [6.07, 6.45) is 2.13. The molecule has 90 valence electrons. The summed E-state index contributed by atoms with van der Waals surface area (Å²) in [7, 11) is 0. The van der Waals surface area contributed by atoms with E-state index >= 15 is 0 Å². The van der Waals surface area contributed by atoms with Crippen LogP contribution in [-0.4, -0.2) is 28.5 Å². The second-order valence-electron chi connectivity index (χ2n) is 6.11. The first-order chi connectivity index (χ1) is 7.23. The highest BCUT2D eigenvalue weighted by molar-refractivity contribution is 5.98. The average molecular weight is 225 g/mol. The highest BCUT2D eigenvalue weighted by Gasteiger charge is 2.56. The van der Waals surface area contributed by atoms with Gasteiger partial charge in [0.2, 0.25) is 5.91 Å². The Kier molecular flexibility index (Phi) is 2.30. The van der Waals surface area contributed by atoms with Gasteiger partial charge in [-0.3, -0.25) is 4.79 Å². The Morgan fingerprint density at radius 1 is 1.50 bits per heavy atom. The van der Waals surface area contributed by atoms with Gasteiger partial charge >= 0.3 is 6.09 Å². The zero-order valence-electron chi connectivity index (χ0n) is 10.4. The molecule has 4 heteroatoms. The molecule has 2 rings (SSSR count). The van der Waals surface area contributed by atoms with E-state index in [0.717, 1.165) is 19.3 Å². The Hall–Kier alpha value is -1.06. The highest BCUT2D eigenvalue weighted by Crippen LogP contribution is 2.48. The van der Waals surface area contributed by atoms with Crippen LogP contribution in [-0.2, 0) is 9.53 Å². The molecule has 0 spiro atoms. The van der Waals surface area contributed by atoms with E-state index in [2.05, 4.69) is 0 Å². The van der Waals surface area contributed by atoms with Gasteiger partial charge in [-0.1, -0.05) is 6.92 Å². The Balaban J connectivity index is 2.12. The van der Waals surface area contributed by atoms with Gasteiger partial charge in [0, 0.05) is 11.5 Å². The number of ether oxygens (including phenoxy) is 1. The fourth-order valence-corrected chi connectivity index (χ4v) is 2.62. The summed E-state index contributed by atoms with van der Waals surface area (Å²) in [5, 5.41) is 0. The quantitative estimate of drug-likeness (QED) is 0.635. The Morgan fingerprint density at radius 3 is 2.56 bits per heavy atom. The molecule has 2 atom stereocenters. The fourth-order valence-electron chi connectivity index (χ4n) is 2.62. The second kappa shape index (κ2) is 3.22. The van der Waals surface area contributed by atoms with E-state index < -0.39 is 11.7 Å². The second-order valence-corrected chi connectivity index (χ2v) is 6.11. The summed E-state index contributed by atoms with van der Waals surface area (Å²) in [6.45, 7) is 7.38. The van der Waals surface area contributed by atoms with Crippen molar-refractivity contribution in [2.45, 2.75) is 58.6 Å². The lowest BCUT2D eigenvalue weighted by Gasteiger charge is -2.30. The monoisotopic (exact) mass is 225 g/mol. The minimum Gasteiger partial charge on any atom is -0.443 e. The molecule has 2 amide bonds. The van der Waals surface area contributed by atoms with Crippen molar-refractivity contribution in [3.05, 3.63) is 0 Å². The van der Waals surface area contributed by atoms with E-state index in [1.54, 1.807) is 0 Å². The molecular weight excluding hydrogens is 206 g/mol. The molecule has 2 fully saturated rings. The number of hydrogen-bond donors (Lipinski definition) is 0. The lowest BCUT2D eigenvalue weighted by atomic mass is 9.89. The van der Waals surface area contributed by atoms with Crippen molar-refractivity contribution < 1.29 is 14.3 Å². The molecule has 2 unspecified atom stereocenters. The van der Waals surface area contributed by atoms with Gasteiger partial charge in [0.15, 0.2) is 0 Å². The summed E-state index contributed by atoms with van der Waals surface area (Å²) in [5.41, 5.74) is -0.859. The van der Waals surface area contributed by atoms with Crippen molar-refractivity contribution in [1.82, 2.24) is 4.90 Å². The van der Waals surface area contributed by atoms with Crippen LogP contribution in [0.5, 0.6) is 0 Å². The summed E-state index contributed by atoms with van der Waals surface area (Å²) >= 11 is 0. The number of carbonyl (C=O) groups is 2. The Bertz CT molecular complexity index is 345. The third kappa shape index (κ3) is 1.70. The number of amides is 2. The van der Waals surface area contributed by atoms with Crippen LogP contribution in [0.2, 0.25) is 0 Å². The Labute approximate surface area is 95.9 Å². The summed E-state index contributed by atoms with van der Waals surface area (Å²) in [6, 6.07) is 0.0624. The van der Waals surface area contributed by atoms with E-state index in [1.807, 2.05) is 27.7 Å². The zero-order chi connectivity index (χ0) is 12.1. The molecule has 2 bridgehead atoms. The molecule has 0 N–H and O–H groups in total. The van der Waals surface area contributed by atoms with Crippen LogP contribution in [0.3, 0.4) is 0 Å². The highest BCUT2D eigenvalue weighted by atomic mass is 16.6. The van der Waals surface area contributed by atoms with E-state index in [1.165, 1.54) is 4.90 Å². The van der Waals surface area contributed by atoms with Crippen LogP contribution in [0.15, 0.2) is 0 Å². The van der Waals surface area contributed by atoms with Gasteiger partial charge in [-0.15, -0.1) is 0 Å². The molecular formula is C12H19NO3. The topological polar surface area (TPSA) is 46.6 Å². The van der Waals surface area contributed by atoms with Gasteiger partial charge in [0.25, 0.3) is 0 Å². The van der Waals surface area contributed by atoms with Gasteiger partial charge in [0.05, 0.1) is 0 Å². The van der Waals surface area contributed by atoms with Crippen LogP contribution < -0.4 is 0 Å². The largest absolute Gasteiger partial charge is 0.443 e. The smallest absolute Gasteiger partial charge is 0.417 e. The minimum absolute atomic E-state index is 0.0574. The third-order valence-corrected chi connectivity index (χ3v) is 3.41. The molecule has 1 aliphatic heterocycles. The molecule has 4 nitrogen and oxygen atoms in total. The number of imide groups is 1. The number of carbonyl (C=O) groups excluding carboxylic acids is 2. The van der Waals surface area contributed by atoms with E-state index in [9.17, 15) is 9.59 Å². The van der Waals surface area contributed by atoms with Crippen molar-refractivity contribution in [2.24, 2.45) is 5.41 Å². The van der Waals surface area contributed by atoms with Crippen LogP contribution in [0, 0.1) is 5.41 Å². The number of fused-ring (bicyclic) bond motifs is 2. The summed E-state index contributed by atoms with van der Waals surface area (Å²) < 4.78 is 5.26. The van der Waals surface area contributed by atoms with Gasteiger partial charge < -0.3 is 4.74 Å². The molecule has 0 aromatic heterocycles. The van der Waals surface area contributed by atoms with Crippen molar-refractivity contribution in [3.8, 4) is 0 Å². The average Bonchev–Trinajstić information content (AvgIpc) is 2.55. The Morgan fingerprint density at radius 2 is 2.12 bits per heavy atom. The van der Waals surface area contributed by atoms with Gasteiger partial charge in [0.1, 0.15) is 5.60 Å². The molecule has 1 saturated heterocycles. The zero-order valence-corrected chi connectivity index (χ0v) is 10.4. The number of nitrogens with zero attached hydrogens (tertiary/aromatic N) is 1. The third-order valence-electron chi connectivity index (χ3n) is 3.41. The normalized spacial score (nSPS) is 33.4. The van der Waals surface area contributed by atoms with Gasteiger partial charge in [-0.25, -0.2) is 9.69 Å². The number of rotatable bonds is 0. The molecule has 1 saturated carbocycles. The fraction of sp³-hybridized carbons (Fsp3) is 0.833. The first kappa shape index (κ1) is 11.4. The lowest BCUT2D eigenvalue weighted by Crippen LogP contribution is -2.46. The van der Waals surface area contributed by atoms with Crippen LogP contribution in [0.1, 0.15) is 47.0 Å². The van der Waals surface area contributed by atoms with Crippen LogP contribution in [0.25, 0.3) is 0 Å². The van der Waals surface area contributed by atoms with Crippen LogP contribution in [0.4, 0.5) is 4.79 Å². The maximum atomic E-state index is 12.0. The first-order valence-corrected chi connectivity index (χ1v) is 5.80. The molecule has 2 aliphatic rings. The van der Waals surface area contributed by atoms with Crippen LogP contribution >= 0.6 is 0 Å². The molecule has 16 heavy (non-hydrogen) atoms. The summed E-state index contributed by atoms with van der Waals surface area (Å²) in [5.74, 6) is -0.0574. The SMILES string of the molecule is CC(C)(C)OC(=O)N1C(=O)C2(C)CCC1C2. The van der Waals surface area contributed by atoms with Crippen molar-refractivity contribution in [1.29, 1.82) is 0 Å². The van der Waals surface area contributed by atoms with Crippen molar-refractivity contribution in [3.63, 3.8) is 0 Å². The van der Waals surface area contributed by atoms with Gasteiger partial charge in [-0.05, 0) is 40.0 Å². The minimum atomic E-state index is -0.542. The van der Waals surface area contributed by atoms with Crippen molar-refractivity contribution in [2.75, 3.05) is 0 Å². The van der Waals surface area contributed by atoms with E-state index in [-0.39, 0.29) is 17.4 Å². The van der Waals surface area contributed by atoms with Gasteiger partial charge in [-0.2, -0.15) is 0 Å². The van der Waals surface area contributed by atoms with Crippen molar-refractivity contribution >= 4 is 12.0 Å². The molecule has 0 aromatic carbocycles. The lowest BCUT2D eigenvalue weighted by molar-refractivity contribution is -0.137. The predicted molar refractivity (Wildman–Crippen MR) is 58.8 cm³/mol. The number of likely N-dealkylation sites (tertiary alicyclic amines) is 1. The molecule has 0 radical (unpaired) electrons. The maximum Gasteiger partial charge on any atom is 0.417 e. The maximum absolute atomic E-state index is 12.0. The summed E-state index contributed by atoms with van der Waals surface area (Å²) in [4.78, 5) is 25.3. The number of hydrogen-bond acceptors (Lipinski definition) is 3. The molecule has 1 aliphatic carbocycles. The molecule has 0 aromatic rings. The standard InChI is InChI=1S/C12H19NO3/c1-11(2,3)16-10(15)13-8-5-6-12(4,7-8)9(13)14/h8H,5-7H2,1-4H3.